The van der Waals surface area contributed by atoms with Gasteiger partial charge in [-0.25, -0.2) is 0 Å². The summed E-state index contributed by atoms with van der Waals surface area (Å²) in [4.78, 5) is 12.2. The number of anilines is 1. The van der Waals surface area contributed by atoms with Crippen LogP contribution in [0.2, 0.25) is 10.0 Å². The van der Waals surface area contributed by atoms with Gasteiger partial charge < -0.3 is 10.4 Å². The number of phenolic OH excluding ortho intramolecular Hbond substituents is 1. The van der Waals surface area contributed by atoms with Gasteiger partial charge in [-0.15, -0.1) is 0 Å². The summed E-state index contributed by atoms with van der Waals surface area (Å²) in [5.74, 6) is -0.584. The van der Waals surface area contributed by atoms with E-state index >= 15 is 0 Å². The number of carbonyl (C=O) groups is 1. The van der Waals surface area contributed by atoms with E-state index in [1.165, 1.54) is 6.07 Å². The Balaban J connectivity index is 2.35. The molecule has 0 atom stereocenters. The van der Waals surface area contributed by atoms with E-state index in [-0.39, 0.29) is 11.3 Å². The average molecular weight is 487 g/mol. The zero-order valence-electron chi connectivity index (χ0n) is 9.75. The summed E-state index contributed by atoms with van der Waals surface area (Å²) in [6.07, 6.45) is 0. The van der Waals surface area contributed by atoms with Crippen molar-refractivity contribution in [3.05, 3.63) is 54.0 Å². The molecule has 0 fully saturated rings. The normalized spacial score (nSPS) is 10.4. The highest BCUT2D eigenvalue weighted by atomic mass is 127. The highest BCUT2D eigenvalue weighted by molar-refractivity contribution is 14.1. The number of hydrogen-bond donors (Lipinski definition) is 2. The van der Waals surface area contributed by atoms with Crippen LogP contribution in [-0.2, 0) is 0 Å². The topological polar surface area (TPSA) is 49.3 Å². The number of amides is 1. The predicted octanol–water partition coefficient (Wildman–Crippen LogP) is 5.32. The minimum atomic E-state index is -0.480. The fourth-order valence-electron chi connectivity index (χ4n) is 1.53. The Hall–Kier alpha value is -0.500. The fourth-order valence-corrected chi connectivity index (χ4v) is 3.33. The standard InChI is InChI=1S/C13H7BrCl2INO2/c14-6-3-9(15)12(10(16)4-6)18-13(20)8-5-7(17)1-2-11(8)19/h1-5,19H,(H,18,20). The van der Waals surface area contributed by atoms with Gasteiger partial charge in [0.2, 0.25) is 0 Å². The number of nitrogens with one attached hydrogen (secondary N) is 1. The van der Waals surface area contributed by atoms with Crippen LogP contribution in [0.5, 0.6) is 5.75 Å². The molecule has 0 aliphatic rings. The largest absolute Gasteiger partial charge is 0.507 e. The van der Waals surface area contributed by atoms with Crippen molar-refractivity contribution in [2.24, 2.45) is 0 Å². The second kappa shape index (κ2) is 6.51. The molecule has 0 heterocycles. The van der Waals surface area contributed by atoms with Crippen LogP contribution in [-0.4, -0.2) is 11.0 Å². The molecule has 0 unspecified atom stereocenters. The minimum absolute atomic E-state index is 0.104. The maximum Gasteiger partial charge on any atom is 0.259 e. The lowest BCUT2D eigenvalue weighted by Gasteiger charge is -2.11. The van der Waals surface area contributed by atoms with Crippen LogP contribution in [0.15, 0.2) is 34.8 Å². The molecule has 2 aromatic carbocycles. The number of halogens is 4. The Morgan fingerprint density at radius 2 is 1.80 bits per heavy atom. The van der Waals surface area contributed by atoms with Crippen LogP contribution in [0.25, 0.3) is 0 Å². The van der Waals surface area contributed by atoms with Gasteiger partial charge in [0, 0.05) is 8.04 Å². The molecule has 104 valence electrons. The molecule has 0 saturated carbocycles. The SMILES string of the molecule is O=C(Nc1c(Cl)cc(Br)cc1Cl)c1cc(I)ccc1O. The molecule has 0 radical (unpaired) electrons. The summed E-state index contributed by atoms with van der Waals surface area (Å²) in [6, 6.07) is 7.98. The Kier molecular flexibility index (Phi) is 5.17. The number of hydrogen-bond acceptors (Lipinski definition) is 2. The first-order chi connectivity index (χ1) is 9.38. The van der Waals surface area contributed by atoms with Crippen molar-refractivity contribution in [1.82, 2.24) is 0 Å². The highest BCUT2D eigenvalue weighted by Crippen LogP contribution is 2.34. The molecule has 0 saturated heterocycles. The highest BCUT2D eigenvalue weighted by Gasteiger charge is 2.15. The molecule has 2 rings (SSSR count). The second-order valence-electron chi connectivity index (χ2n) is 3.86. The molecule has 0 spiro atoms. The molecule has 0 aliphatic heterocycles. The Morgan fingerprint density at radius 1 is 1.20 bits per heavy atom. The molecule has 2 N–H and O–H groups in total. The van der Waals surface area contributed by atoms with E-state index in [2.05, 4.69) is 43.8 Å². The van der Waals surface area contributed by atoms with Crippen LogP contribution < -0.4 is 5.32 Å². The molecule has 20 heavy (non-hydrogen) atoms. The lowest BCUT2D eigenvalue weighted by atomic mass is 10.2. The first-order valence-corrected chi connectivity index (χ1v) is 7.95. The third-order valence-electron chi connectivity index (χ3n) is 2.45. The van der Waals surface area contributed by atoms with Crippen LogP contribution in [0.3, 0.4) is 0 Å². The van der Waals surface area contributed by atoms with Gasteiger partial charge in [0.15, 0.2) is 0 Å². The first kappa shape index (κ1) is 15.9. The van der Waals surface area contributed by atoms with E-state index in [1.807, 2.05) is 0 Å². The van der Waals surface area contributed by atoms with Crippen molar-refractivity contribution in [3.63, 3.8) is 0 Å². The van der Waals surface area contributed by atoms with Crippen LogP contribution in [0, 0.1) is 3.57 Å². The molecule has 0 aliphatic carbocycles. The van der Waals surface area contributed by atoms with Crippen LogP contribution in [0.1, 0.15) is 10.4 Å². The third-order valence-corrected chi connectivity index (χ3v) is 4.17. The van der Waals surface area contributed by atoms with Gasteiger partial charge in [-0.05, 0) is 52.9 Å². The lowest BCUT2D eigenvalue weighted by Crippen LogP contribution is -2.13. The lowest BCUT2D eigenvalue weighted by molar-refractivity contribution is 0.102. The van der Waals surface area contributed by atoms with Gasteiger partial charge >= 0.3 is 0 Å². The number of rotatable bonds is 2. The minimum Gasteiger partial charge on any atom is -0.507 e. The van der Waals surface area contributed by atoms with Gasteiger partial charge in [0.05, 0.1) is 21.3 Å². The number of aromatic hydroxyl groups is 1. The molecular formula is C13H7BrCl2INO2. The maximum atomic E-state index is 12.2. The zero-order valence-corrected chi connectivity index (χ0v) is 15.0. The molecule has 1 amide bonds. The van der Waals surface area contributed by atoms with Gasteiger partial charge in [-0.1, -0.05) is 39.1 Å². The quantitative estimate of drug-likeness (QED) is 0.565. The summed E-state index contributed by atoms with van der Waals surface area (Å²) in [7, 11) is 0. The van der Waals surface area contributed by atoms with Crippen molar-refractivity contribution in [3.8, 4) is 5.75 Å². The van der Waals surface area contributed by atoms with Gasteiger partial charge in [-0.3, -0.25) is 4.79 Å². The van der Waals surface area contributed by atoms with Crippen LogP contribution in [0.4, 0.5) is 5.69 Å². The predicted molar refractivity (Wildman–Crippen MR) is 92.9 cm³/mol. The van der Waals surface area contributed by atoms with Crippen LogP contribution >= 0.6 is 61.7 Å². The van der Waals surface area contributed by atoms with E-state index in [0.29, 0.717) is 20.2 Å². The molecule has 2 aromatic rings. The third kappa shape index (κ3) is 3.58. The summed E-state index contributed by atoms with van der Waals surface area (Å²) in [6.45, 7) is 0. The maximum absolute atomic E-state index is 12.2. The molecule has 3 nitrogen and oxygen atoms in total. The molecular weight excluding hydrogens is 480 g/mol. The number of carbonyl (C=O) groups excluding carboxylic acids is 1. The number of benzene rings is 2. The summed E-state index contributed by atoms with van der Waals surface area (Å²) >= 11 is 17.4. The van der Waals surface area contributed by atoms with E-state index in [4.69, 9.17) is 23.2 Å². The summed E-state index contributed by atoms with van der Waals surface area (Å²) < 4.78 is 1.54. The second-order valence-corrected chi connectivity index (χ2v) is 6.84. The van der Waals surface area contributed by atoms with Crippen molar-refractivity contribution >= 4 is 73.3 Å². The molecule has 7 heteroatoms. The Bertz CT molecular complexity index is 671. The van der Waals surface area contributed by atoms with Gasteiger partial charge in [0.25, 0.3) is 5.91 Å². The Morgan fingerprint density at radius 3 is 2.40 bits per heavy atom. The number of phenols is 1. The molecule has 0 aromatic heterocycles. The van der Waals surface area contributed by atoms with E-state index in [0.717, 1.165) is 3.57 Å². The van der Waals surface area contributed by atoms with E-state index in [9.17, 15) is 9.90 Å². The van der Waals surface area contributed by atoms with E-state index in [1.54, 1.807) is 24.3 Å². The monoisotopic (exact) mass is 485 g/mol. The van der Waals surface area contributed by atoms with Crippen molar-refractivity contribution < 1.29 is 9.90 Å². The average Bonchev–Trinajstić information content (AvgIpc) is 2.36. The smallest absolute Gasteiger partial charge is 0.259 e. The van der Waals surface area contributed by atoms with Crippen molar-refractivity contribution in [1.29, 1.82) is 0 Å². The van der Waals surface area contributed by atoms with Gasteiger partial charge in [0.1, 0.15) is 5.75 Å². The Labute approximate surface area is 147 Å². The summed E-state index contributed by atoms with van der Waals surface area (Å²) in [5, 5.41) is 12.9. The van der Waals surface area contributed by atoms with Crippen molar-refractivity contribution in [2.75, 3.05) is 5.32 Å². The fraction of sp³-hybridized carbons (Fsp3) is 0. The first-order valence-electron chi connectivity index (χ1n) is 5.33. The summed E-state index contributed by atoms with van der Waals surface area (Å²) in [5.41, 5.74) is 0.465. The molecule has 0 bridgehead atoms. The van der Waals surface area contributed by atoms with Crippen molar-refractivity contribution in [2.45, 2.75) is 0 Å². The van der Waals surface area contributed by atoms with E-state index < -0.39 is 5.91 Å². The zero-order chi connectivity index (χ0) is 14.9. The van der Waals surface area contributed by atoms with Gasteiger partial charge in [-0.2, -0.15) is 0 Å².